The van der Waals surface area contributed by atoms with Gasteiger partial charge in [-0.25, -0.2) is 45.2 Å². The first-order chi connectivity index (χ1) is 30.3. The van der Waals surface area contributed by atoms with Gasteiger partial charge in [0.05, 0.1) is 31.6 Å². The molecule has 362 valence electrons. The van der Waals surface area contributed by atoms with E-state index in [0.29, 0.717) is 25.9 Å². The third kappa shape index (κ3) is 12.1. The maximum Gasteiger partial charge on any atom is 0.250 e. The Morgan fingerprint density at radius 2 is 1.20 bits per heavy atom. The number of nitrogens with zero attached hydrogens (tertiary/aromatic N) is 5. The zero-order chi connectivity index (χ0) is 50.1. The monoisotopic (exact) mass is 1020 g/mol. The standard InChI is InChI=1S/C24H35F2N5O5SSi.C18H20Cl2F2N2O3Si/c1-24(2,3)38(6,7)36-17-12-16(25)19(26)18(21(17)35-4)20(32)15-13-28-23(30-22(15)27)29-14-8-10-31(11-9-14)37(5,33)34;1-18(2,3)28(5,6)27-11-7-10(21)13(22)12(15(11)26-4)14(25)9-8-23-17(20)24-16(9)19/h12-14H,8-11H2,1-7H3,(H3,27,28,29,30);7-8H,1-6H3. The van der Waals surface area contributed by atoms with E-state index in [2.05, 4.69) is 25.3 Å². The van der Waals surface area contributed by atoms with Crippen molar-refractivity contribution in [2.75, 3.05) is 44.6 Å². The van der Waals surface area contributed by atoms with Crippen LogP contribution in [0.5, 0.6) is 23.0 Å². The number of nitrogens with one attached hydrogen (secondary N) is 1. The maximum absolute atomic E-state index is 15.0. The second-order valence-electron chi connectivity index (χ2n) is 18.5. The van der Waals surface area contributed by atoms with Gasteiger partial charge in [0.25, 0.3) is 16.6 Å². The first-order valence-electron chi connectivity index (χ1n) is 20.4. The van der Waals surface area contributed by atoms with Gasteiger partial charge >= 0.3 is 0 Å². The molecule has 2 aromatic heterocycles. The number of anilines is 2. The molecule has 1 aliphatic heterocycles. The lowest BCUT2D eigenvalue weighted by atomic mass is 10.0. The highest BCUT2D eigenvalue weighted by Gasteiger charge is 2.42. The molecule has 66 heavy (non-hydrogen) atoms. The van der Waals surface area contributed by atoms with Crippen molar-refractivity contribution in [3.05, 3.63) is 80.5 Å². The lowest BCUT2D eigenvalue weighted by Gasteiger charge is -2.37. The molecule has 3 heterocycles. The summed E-state index contributed by atoms with van der Waals surface area (Å²) < 4.78 is 106. The topological polar surface area (TPSA) is 198 Å². The molecule has 0 amide bonds. The van der Waals surface area contributed by atoms with Crippen LogP contribution in [0.3, 0.4) is 0 Å². The van der Waals surface area contributed by atoms with E-state index in [1.807, 2.05) is 67.7 Å². The Morgan fingerprint density at radius 1 is 0.773 bits per heavy atom. The highest BCUT2D eigenvalue weighted by molar-refractivity contribution is 7.88. The summed E-state index contributed by atoms with van der Waals surface area (Å²) in [4.78, 5) is 41.9. The van der Waals surface area contributed by atoms with Crippen LogP contribution in [-0.2, 0) is 10.0 Å². The number of sulfonamides is 1. The molecule has 0 atom stereocenters. The number of piperidine rings is 1. The van der Waals surface area contributed by atoms with Crippen LogP contribution in [0.25, 0.3) is 0 Å². The SMILES string of the molecule is COc1c(O[Si](C)(C)C(C)(C)C)cc(F)c(F)c1C(=O)c1cnc(Cl)nc1Cl.COc1c(O[Si](C)(C)C(C)(C)C)cc(F)c(F)c1C(=O)c1cnc(NC2CCN(S(C)(=O)=O)CC2)nc1N. The number of ether oxygens (including phenoxy) is 2. The van der Waals surface area contributed by atoms with E-state index in [1.165, 1.54) is 24.8 Å². The van der Waals surface area contributed by atoms with Crippen LogP contribution in [0.2, 0.25) is 46.7 Å². The van der Waals surface area contributed by atoms with Crippen molar-refractivity contribution in [3.8, 4) is 23.0 Å². The molecule has 0 bridgehead atoms. The lowest BCUT2D eigenvalue weighted by Crippen LogP contribution is -2.44. The highest BCUT2D eigenvalue weighted by atomic mass is 35.5. The Hall–Kier alpha value is -4.62. The molecule has 0 aliphatic carbocycles. The van der Waals surface area contributed by atoms with E-state index in [9.17, 15) is 31.2 Å². The number of hydrogen-bond donors (Lipinski definition) is 2. The summed E-state index contributed by atoms with van der Waals surface area (Å²) in [7, 11) is -5.72. The van der Waals surface area contributed by atoms with E-state index < -0.39 is 72.6 Å². The van der Waals surface area contributed by atoms with Gasteiger partial charge in [-0.15, -0.1) is 0 Å². The van der Waals surface area contributed by atoms with Gasteiger partial charge in [0.2, 0.25) is 32.8 Å². The Bertz CT molecular complexity index is 2610. The minimum atomic E-state index is -3.26. The smallest absolute Gasteiger partial charge is 0.250 e. The third-order valence-electron chi connectivity index (χ3n) is 11.8. The van der Waals surface area contributed by atoms with E-state index in [1.54, 1.807) is 0 Å². The van der Waals surface area contributed by atoms with Crippen LogP contribution in [-0.4, -0.2) is 100 Å². The molecule has 0 spiro atoms. The normalized spacial score (nSPS) is 14.2. The molecule has 2 aromatic carbocycles. The molecule has 1 saturated heterocycles. The number of aromatic nitrogens is 4. The predicted molar refractivity (Wildman–Crippen MR) is 250 cm³/mol. The van der Waals surface area contributed by atoms with Crippen LogP contribution in [0.15, 0.2) is 24.5 Å². The Labute approximate surface area is 394 Å². The van der Waals surface area contributed by atoms with Gasteiger partial charge in [-0.05, 0) is 60.7 Å². The van der Waals surface area contributed by atoms with Crippen molar-refractivity contribution in [2.45, 2.75) is 96.7 Å². The van der Waals surface area contributed by atoms with E-state index in [-0.39, 0.29) is 72.4 Å². The lowest BCUT2D eigenvalue weighted by molar-refractivity contribution is 0.102. The van der Waals surface area contributed by atoms with Crippen LogP contribution in [0.4, 0.5) is 29.3 Å². The molecular formula is C42H55Cl2F4N7O8SSi2. The van der Waals surface area contributed by atoms with Crippen molar-refractivity contribution >= 4 is 73.2 Å². The number of halogens is 6. The molecule has 5 rings (SSSR count). The number of rotatable bonds is 13. The summed E-state index contributed by atoms with van der Waals surface area (Å²) in [5.41, 5.74) is 4.25. The molecule has 0 saturated carbocycles. The zero-order valence-corrected chi connectivity index (χ0v) is 43.3. The fourth-order valence-electron chi connectivity index (χ4n) is 5.91. The molecule has 0 unspecified atom stereocenters. The fraction of sp³-hybridized carbons (Fsp3) is 0.476. The van der Waals surface area contributed by atoms with Gasteiger partial charge in [-0.1, -0.05) is 53.1 Å². The number of methoxy groups -OCH3 is 2. The molecule has 3 N–H and O–H groups in total. The van der Waals surface area contributed by atoms with Crippen LogP contribution >= 0.6 is 23.2 Å². The Morgan fingerprint density at radius 3 is 1.58 bits per heavy atom. The predicted octanol–water partition coefficient (Wildman–Crippen LogP) is 9.48. The summed E-state index contributed by atoms with van der Waals surface area (Å²) in [6.45, 7) is 20.3. The molecule has 24 heteroatoms. The van der Waals surface area contributed by atoms with Crippen LogP contribution in [0.1, 0.15) is 86.2 Å². The fourth-order valence-corrected chi connectivity index (χ4v) is 9.19. The van der Waals surface area contributed by atoms with Gasteiger partial charge in [-0.2, -0.15) is 4.98 Å². The van der Waals surface area contributed by atoms with Crippen molar-refractivity contribution < 1.29 is 53.9 Å². The quantitative estimate of drug-likeness (QED) is 0.0422. The largest absolute Gasteiger partial charge is 0.541 e. The number of nitrogen functional groups attached to an aromatic ring is 1. The Balaban J connectivity index is 0.000000302. The number of carbonyl (C=O) groups is 2. The van der Waals surface area contributed by atoms with E-state index in [0.717, 1.165) is 24.5 Å². The highest BCUT2D eigenvalue weighted by Crippen LogP contribution is 2.45. The summed E-state index contributed by atoms with van der Waals surface area (Å²) in [5.74, 6) is -7.88. The minimum absolute atomic E-state index is 0.0534. The molecule has 1 fully saturated rings. The van der Waals surface area contributed by atoms with Crippen molar-refractivity contribution in [2.24, 2.45) is 0 Å². The van der Waals surface area contributed by atoms with Gasteiger partial charge in [0.1, 0.15) is 22.1 Å². The van der Waals surface area contributed by atoms with Crippen LogP contribution < -0.4 is 29.4 Å². The number of benzene rings is 2. The van der Waals surface area contributed by atoms with Gasteiger partial charge < -0.3 is 29.4 Å². The van der Waals surface area contributed by atoms with Crippen molar-refractivity contribution in [1.29, 1.82) is 0 Å². The third-order valence-corrected chi connectivity index (χ3v) is 22.2. The molecular weight excluding hydrogens is 966 g/mol. The Kier molecular flexibility index (Phi) is 16.6. The van der Waals surface area contributed by atoms with E-state index in [4.69, 9.17) is 47.3 Å². The number of ketones is 2. The molecule has 0 radical (unpaired) electrons. The van der Waals surface area contributed by atoms with Gasteiger partial charge in [0.15, 0.2) is 46.3 Å². The minimum Gasteiger partial charge on any atom is -0.541 e. The number of carbonyl (C=O) groups excluding carboxylic acids is 2. The maximum atomic E-state index is 15.0. The second-order valence-corrected chi connectivity index (χ2v) is 30.6. The van der Waals surface area contributed by atoms with Crippen molar-refractivity contribution in [3.63, 3.8) is 0 Å². The number of hydrogen-bond acceptors (Lipinski definition) is 14. The van der Waals surface area contributed by atoms with Crippen molar-refractivity contribution in [1.82, 2.24) is 24.2 Å². The second kappa shape index (κ2) is 20.3. The van der Waals surface area contributed by atoms with Gasteiger partial charge in [-0.3, -0.25) is 9.59 Å². The molecule has 4 aromatic rings. The summed E-state index contributed by atoms with van der Waals surface area (Å²) >= 11 is 11.6. The average Bonchev–Trinajstić information content (AvgIpc) is 3.19. The average molecular weight is 1020 g/mol. The first kappa shape index (κ1) is 54.0. The summed E-state index contributed by atoms with van der Waals surface area (Å²) in [6, 6.07) is 1.66. The zero-order valence-electron chi connectivity index (χ0n) is 39.0. The number of nitrogens with two attached hydrogens (primary N) is 1. The van der Waals surface area contributed by atoms with E-state index >= 15 is 4.39 Å². The van der Waals surface area contributed by atoms with Gasteiger partial charge in [0, 0.05) is 43.7 Å². The summed E-state index contributed by atoms with van der Waals surface area (Å²) in [6.07, 6.45) is 4.40. The molecule has 15 nitrogen and oxygen atoms in total. The van der Waals surface area contributed by atoms with Crippen LogP contribution in [0, 0.1) is 23.3 Å². The molecule has 1 aliphatic rings. The first-order valence-corrected chi connectivity index (χ1v) is 28.8. The summed E-state index contributed by atoms with van der Waals surface area (Å²) in [5, 5.41) is 2.13.